The van der Waals surface area contributed by atoms with Gasteiger partial charge in [-0.25, -0.2) is 0 Å². The zero-order chi connectivity index (χ0) is 28.2. The monoisotopic (exact) mass is 774 g/mol. The van der Waals surface area contributed by atoms with Crippen molar-refractivity contribution in [2.75, 3.05) is 7.11 Å². The zero-order valence-electron chi connectivity index (χ0n) is 27.0. The van der Waals surface area contributed by atoms with Gasteiger partial charge in [-0.2, -0.15) is 0 Å². The van der Waals surface area contributed by atoms with E-state index in [1.807, 2.05) is 7.11 Å². The van der Waals surface area contributed by atoms with Crippen molar-refractivity contribution >= 4 is 45.8 Å². The second-order valence-corrected chi connectivity index (χ2v) is 38.4. The van der Waals surface area contributed by atoms with E-state index in [1.54, 1.807) is 0 Å². The van der Waals surface area contributed by atoms with Crippen LogP contribution in [0, 0.1) is 0 Å². The SMILES string of the molecule is CCCCCCC[CH2][Sn]([Cl])([CH2]CCCCCCC)[O][Sn]([CH2]CCCCCCC)([CH2]CCCCCCC)[O]C. The summed E-state index contributed by atoms with van der Waals surface area (Å²) in [6, 6.07) is 0. The van der Waals surface area contributed by atoms with Crippen molar-refractivity contribution in [3.63, 3.8) is 0 Å². The summed E-state index contributed by atoms with van der Waals surface area (Å²) in [5.41, 5.74) is 0. The molecule has 0 aliphatic carbocycles. The molecular weight excluding hydrogens is 701 g/mol. The van der Waals surface area contributed by atoms with Gasteiger partial charge in [0.25, 0.3) is 0 Å². The Hall–Kier alpha value is 1.81. The molecule has 38 heavy (non-hydrogen) atoms. The fourth-order valence-corrected chi connectivity index (χ4v) is 50.9. The van der Waals surface area contributed by atoms with E-state index in [9.17, 15) is 0 Å². The summed E-state index contributed by atoms with van der Waals surface area (Å²) in [6.45, 7) is 9.22. The molecule has 0 N–H and O–H groups in total. The van der Waals surface area contributed by atoms with E-state index in [2.05, 4.69) is 27.7 Å². The van der Waals surface area contributed by atoms with Crippen molar-refractivity contribution in [1.29, 1.82) is 0 Å². The summed E-state index contributed by atoms with van der Waals surface area (Å²) in [5, 5.41) is 0. The molecule has 0 radical (unpaired) electrons. The van der Waals surface area contributed by atoms with Crippen LogP contribution >= 0.6 is 8.92 Å². The van der Waals surface area contributed by atoms with Gasteiger partial charge in [0.15, 0.2) is 0 Å². The summed E-state index contributed by atoms with van der Waals surface area (Å²) in [7, 11) is 9.71. The fraction of sp³-hybridized carbons (Fsp3) is 1.00. The summed E-state index contributed by atoms with van der Waals surface area (Å²) in [6.07, 6.45) is 32.4. The van der Waals surface area contributed by atoms with Gasteiger partial charge in [-0.15, -0.1) is 0 Å². The van der Waals surface area contributed by atoms with Gasteiger partial charge in [0, 0.05) is 0 Å². The first-order chi connectivity index (χ1) is 18.5. The van der Waals surface area contributed by atoms with Gasteiger partial charge in [-0.3, -0.25) is 0 Å². The van der Waals surface area contributed by atoms with Crippen LogP contribution in [-0.4, -0.2) is 44.0 Å². The third-order valence-corrected chi connectivity index (χ3v) is 45.4. The van der Waals surface area contributed by atoms with Crippen molar-refractivity contribution in [3.05, 3.63) is 0 Å². The van der Waals surface area contributed by atoms with Crippen LogP contribution in [0.4, 0.5) is 0 Å². The number of hydrogen-bond acceptors (Lipinski definition) is 2. The second kappa shape index (κ2) is 28.9. The molecule has 0 amide bonds. The van der Waals surface area contributed by atoms with Crippen LogP contribution in [0.25, 0.3) is 0 Å². The molecule has 0 aromatic heterocycles. The molecule has 0 unspecified atom stereocenters. The van der Waals surface area contributed by atoms with Crippen LogP contribution in [0.3, 0.4) is 0 Å². The summed E-state index contributed by atoms with van der Waals surface area (Å²) in [4.78, 5) is 0. The Labute approximate surface area is 255 Å². The fourth-order valence-electron chi connectivity index (χ4n) is 5.72. The first-order valence-electron chi connectivity index (χ1n) is 17.5. The molecule has 0 heterocycles. The summed E-state index contributed by atoms with van der Waals surface area (Å²) in [5.74, 6) is 0. The Kier molecular flexibility index (Phi) is 30.3. The van der Waals surface area contributed by atoms with E-state index in [1.165, 1.54) is 172 Å². The molecular formula is C33H71ClO2Sn2. The third-order valence-electron chi connectivity index (χ3n) is 8.37. The predicted molar refractivity (Wildman–Crippen MR) is 178 cm³/mol. The Morgan fingerprint density at radius 3 is 0.947 bits per heavy atom. The van der Waals surface area contributed by atoms with Crippen molar-refractivity contribution in [3.8, 4) is 0 Å². The van der Waals surface area contributed by atoms with Crippen molar-refractivity contribution in [1.82, 2.24) is 0 Å². The number of rotatable bonds is 31. The standard InChI is InChI=1S/4C8H17.CH3O.ClH.O.2Sn/c4*1-3-5-7-8-6-4-2;1-2;;;;/h4*1,3-8H2,2H3;1H3;1H;;;/q;;;;-1;;;2*+1/p-1. The predicted octanol–water partition coefficient (Wildman–Crippen LogP) is 13.2. The molecule has 0 fully saturated rings. The molecule has 0 aromatic rings. The third kappa shape index (κ3) is 23.4. The summed E-state index contributed by atoms with van der Waals surface area (Å²) >= 11 is -6.34. The molecule has 0 aliphatic heterocycles. The zero-order valence-corrected chi connectivity index (χ0v) is 33.5. The van der Waals surface area contributed by atoms with E-state index in [4.69, 9.17) is 13.4 Å². The van der Waals surface area contributed by atoms with Crippen LogP contribution in [0.1, 0.15) is 182 Å². The van der Waals surface area contributed by atoms with E-state index in [0.29, 0.717) is 0 Å². The minimum atomic E-state index is -3.17. The molecule has 0 aromatic carbocycles. The van der Waals surface area contributed by atoms with E-state index in [-0.39, 0.29) is 0 Å². The normalized spacial score (nSPS) is 12.5. The molecule has 5 heteroatoms. The topological polar surface area (TPSA) is 18.5 Å². The molecule has 0 atom stereocenters. The van der Waals surface area contributed by atoms with Crippen LogP contribution in [-0.2, 0) is 4.49 Å². The molecule has 0 saturated heterocycles. The number of halogens is 1. The second-order valence-electron chi connectivity index (χ2n) is 12.2. The quantitative estimate of drug-likeness (QED) is 0.0516. The van der Waals surface area contributed by atoms with E-state index >= 15 is 0 Å². The molecule has 0 bridgehead atoms. The molecule has 0 saturated carbocycles. The Balaban J connectivity index is 5.21. The van der Waals surface area contributed by atoms with Gasteiger partial charge in [-0.05, 0) is 0 Å². The number of unbranched alkanes of at least 4 members (excludes halogenated alkanes) is 20. The van der Waals surface area contributed by atoms with Gasteiger partial charge in [0.05, 0.1) is 0 Å². The Bertz CT molecular complexity index is 446. The van der Waals surface area contributed by atoms with E-state index < -0.39 is 36.9 Å². The number of hydrogen-bond donors (Lipinski definition) is 0. The molecule has 0 spiro atoms. The molecule has 230 valence electrons. The van der Waals surface area contributed by atoms with Gasteiger partial charge in [0.1, 0.15) is 0 Å². The van der Waals surface area contributed by atoms with Crippen LogP contribution in [0.5, 0.6) is 0 Å². The van der Waals surface area contributed by atoms with Crippen molar-refractivity contribution in [2.45, 2.75) is 200 Å². The first kappa shape index (κ1) is 39.8. The van der Waals surface area contributed by atoms with Crippen LogP contribution in [0.15, 0.2) is 0 Å². The maximum absolute atomic E-state index is 7.71. The van der Waals surface area contributed by atoms with Gasteiger partial charge in [-0.1, -0.05) is 0 Å². The average Bonchev–Trinajstić information content (AvgIpc) is 2.92. The van der Waals surface area contributed by atoms with Crippen LogP contribution < -0.4 is 0 Å². The molecule has 0 aliphatic rings. The summed E-state index contributed by atoms with van der Waals surface area (Å²) < 4.78 is 18.9. The molecule has 0 rings (SSSR count). The Morgan fingerprint density at radius 1 is 0.395 bits per heavy atom. The van der Waals surface area contributed by atoms with Crippen LogP contribution in [0.2, 0.25) is 17.7 Å². The Morgan fingerprint density at radius 2 is 0.658 bits per heavy atom. The average molecular weight is 773 g/mol. The van der Waals surface area contributed by atoms with E-state index in [0.717, 1.165) is 0 Å². The maximum atomic E-state index is 7.71. The van der Waals surface area contributed by atoms with Gasteiger partial charge >= 0.3 is 257 Å². The van der Waals surface area contributed by atoms with Gasteiger partial charge < -0.3 is 0 Å². The van der Waals surface area contributed by atoms with Crippen molar-refractivity contribution < 1.29 is 4.49 Å². The van der Waals surface area contributed by atoms with Gasteiger partial charge in [0.2, 0.25) is 0 Å². The molecule has 2 nitrogen and oxygen atoms in total. The minimum absolute atomic E-state index is 1.21. The first-order valence-corrected chi connectivity index (χ1v) is 32.6. The van der Waals surface area contributed by atoms with Crippen molar-refractivity contribution in [2.24, 2.45) is 0 Å².